The van der Waals surface area contributed by atoms with Gasteiger partial charge >= 0.3 is 12.1 Å². The molecule has 0 N–H and O–H groups in total. The van der Waals surface area contributed by atoms with Crippen molar-refractivity contribution >= 4 is 5.97 Å². The van der Waals surface area contributed by atoms with E-state index in [0.29, 0.717) is 0 Å². The van der Waals surface area contributed by atoms with Crippen LogP contribution in [0.5, 0.6) is 0 Å². The lowest BCUT2D eigenvalue weighted by Gasteiger charge is -2.19. The van der Waals surface area contributed by atoms with Crippen LogP contribution in [0.4, 0.5) is 13.2 Å². The second-order valence-corrected chi connectivity index (χ2v) is 4.06. The van der Waals surface area contributed by atoms with E-state index in [2.05, 4.69) is 0 Å². The molecule has 0 amide bonds. The standard InChI is InChI=1S/C9H15F3O2/c1-8(2,3)14-7(13)5-4-6-9(10,11)12/h4-6H2,1-3H3. The van der Waals surface area contributed by atoms with Crippen molar-refractivity contribution in [3.63, 3.8) is 0 Å². The molecule has 0 rings (SSSR count). The summed E-state index contributed by atoms with van der Waals surface area (Å²) >= 11 is 0. The third-order valence-corrected chi connectivity index (χ3v) is 1.26. The Labute approximate surface area is 81.4 Å². The number of hydrogen-bond acceptors (Lipinski definition) is 2. The van der Waals surface area contributed by atoms with Crippen LogP contribution >= 0.6 is 0 Å². The van der Waals surface area contributed by atoms with E-state index < -0.39 is 24.2 Å². The summed E-state index contributed by atoms with van der Waals surface area (Å²) in [6, 6.07) is 0. The monoisotopic (exact) mass is 212 g/mol. The topological polar surface area (TPSA) is 26.3 Å². The zero-order valence-corrected chi connectivity index (χ0v) is 8.57. The number of esters is 1. The van der Waals surface area contributed by atoms with Gasteiger partial charge in [0.1, 0.15) is 5.60 Å². The molecule has 2 nitrogen and oxygen atoms in total. The maximum atomic E-state index is 11.7. The predicted molar refractivity (Wildman–Crippen MR) is 45.8 cm³/mol. The van der Waals surface area contributed by atoms with E-state index in [1.807, 2.05) is 0 Å². The van der Waals surface area contributed by atoms with Crippen molar-refractivity contribution in [1.29, 1.82) is 0 Å². The van der Waals surface area contributed by atoms with E-state index in [1.54, 1.807) is 20.8 Å². The largest absolute Gasteiger partial charge is 0.460 e. The molecule has 0 saturated carbocycles. The number of alkyl halides is 3. The molecule has 0 aliphatic rings. The Bertz CT molecular complexity index is 191. The quantitative estimate of drug-likeness (QED) is 0.672. The molecule has 84 valence electrons. The predicted octanol–water partition coefficient (Wildman–Crippen LogP) is 3.06. The number of carbonyl (C=O) groups excluding carboxylic acids is 1. The molecule has 0 aromatic rings. The Hall–Kier alpha value is -0.740. The Balaban J connectivity index is 3.66. The van der Waals surface area contributed by atoms with Crippen LogP contribution in [-0.4, -0.2) is 17.7 Å². The molecule has 0 fully saturated rings. The highest BCUT2D eigenvalue weighted by Crippen LogP contribution is 2.22. The summed E-state index contributed by atoms with van der Waals surface area (Å²) in [7, 11) is 0. The summed E-state index contributed by atoms with van der Waals surface area (Å²) < 4.78 is 39.9. The summed E-state index contributed by atoms with van der Waals surface area (Å²) in [4.78, 5) is 11.0. The molecule has 0 heterocycles. The van der Waals surface area contributed by atoms with Gasteiger partial charge in [0, 0.05) is 12.8 Å². The first-order valence-electron chi connectivity index (χ1n) is 4.39. The molecule has 14 heavy (non-hydrogen) atoms. The number of halogens is 3. The van der Waals surface area contributed by atoms with Crippen LogP contribution in [0.1, 0.15) is 40.0 Å². The molecule has 0 aliphatic carbocycles. The SMILES string of the molecule is CC(C)(C)OC(=O)CCCC(F)(F)F. The normalized spacial score (nSPS) is 12.7. The van der Waals surface area contributed by atoms with E-state index in [-0.39, 0.29) is 12.8 Å². The van der Waals surface area contributed by atoms with Gasteiger partial charge in [-0.25, -0.2) is 0 Å². The van der Waals surface area contributed by atoms with Crippen molar-refractivity contribution in [2.45, 2.75) is 51.8 Å². The zero-order valence-electron chi connectivity index (χ0n) is 8.57. The molecule has 0 aromatic carbocycles. The fraction of sp³-hybridized carbons (Fsp3) is 0.889. The van der Waals surface area contributed by atoms with E-state index in [1.165, 1.54) is 0 Å². The smallest absolute Gasteiger partial charge is 0.389 e. The average Bonchev–Trinajstić information content (AvgIpc) is 1.78. The van der Waals surface area contributed by atoms with Crippen LogP contribution in [0.3, 0.4) is 0 Å². The number of carbonyl (C=O) groups is 1. The van der Waals surface area contributed by atoms with Gasteiger partial charge in [-0.2, -0.15) is 13.2 Å². The first-order chi connectivity index (χ1) is 6.10. The Morgan fingerprint density at radius 3 is 2.07 bits per heavy atom. The van der Waals surface area contributed by atoms with Crippen molar-refractivity contribution in [3.05, 3.63) is 0 Å². The highest BCUT2D eigenvalue weighted by Gasteiger charge is 2.27. The van der Waals surface area contributed by atoms with Crippen molar-refractivity contribution < 1.29 is 22.7 Å². The maximum Gasteiger partial charge on any atom is 0.389 e. The third-order valence-electron chi connectivity index (χ3n) is 1.26. The summed E-state index contributed by atoms with van der Waals surface area (Å²) in [5.41, 5.74) is -0.630. The highest BCUT2D eigenvalue weighted by atomic mass is 19.4. The lowest BCUT2D eigenvalue weighted by molar-refractivity contribution is -0.157. The lowest BCUT2D eigenvalue weighted by Crippen LogP contribution is -2.23. The van der Waals surface area contributed by atoms with Gasteiger partial charge in [0.05, 0.1) is 0 Å². The molecular formula is C9H15F3O2. The van der Waals surface area contributed by atoms with Crippen LogP contribution < -0.4 is 0 Å². The summed E-state index contributed by atoms with van der Waals surface area (Å²) in [6.45, 7) is 5.03. The van der Waals surface area contributed by atoms with Gasteiger partial charge in [0.15, 0.2) is 0 Å². The molecule has 0 bridgehead atoms. The minimum Gasteiger partial charge on any atom is -0.460 e. The van der Waals surface area contributed by atoms with Gasteiger partial charge in [-0.05, 0) is 27.2 Å². The summed E-state index contributed by atoms with van der Waals surface area (Å²) in [6.07, 6.45) is -5.52. The molecule has 0 saturated heterocycles. The lowest BCUT2D eigenvalue weighted by atomic mass is 10.2. The molecule has 5 heteroatoms. The van der Waals surface area contributed by atoms with Gasteiger partial charge in [0.2, 0.25) is 0 Å². The average molecular weight is 212 g/mol. The maximum absolute atomic E-state index is 11.7. The molecule has 0 radical (unpaired) electrons. The van der Waals surface area contributed by atoms with Crippen LogP contribution in [0.25, 0.3) is 0 Å². The number of hydrogen-bond donors (Lipinski definition) is 0. The minimum absolute atomic E-state index is 0.184. The molecule has 0 aromatic heterocycles. The summed E-state index contributed by atoms with van der Waals surface area (Å²) in [5, 5.41) is 0. The van der Waals surface area contributed by atoms with Crippen LogP contribution in [0.15, 0.2) is 0 Å². The number of rotatable bonds is 3. The Morgan fingerprint density at radius 2 is 1.71 bits per heavy atom. The minimum atomic E-state index is -4.19. The third kappa shape index (κ3) is 9.35. The number of ether oxygens (including phenoxy) is 1. The first kappa shape index (κ1) is 13.3. The van der Waals surface area contributed by atoms with Gasteiger partial charge in [0.25, 0.3) is 0 Å². The molecule has 0 atom stereocenters. The zero-order chi connectivity index (χ0) is 11.4. The van der Waals surface area contributed by atoms with E-state index in [4.69, 9.17) is 4.74 Å². The van der Waals surface area contributed by atoms with E-state index >= 15 is 0 Å². The van der Waals surface area contributed by atoms with Crippen LogP contribution in [0, 0.1) is 0 Å². The fourth-order valence-corrected chi connectivity index (χ4v) is 0.826. The van der Waals surface area contributed by atoms with Crippen LogP contribution in [-0.2, 0) is 9.53 Å². The second-order valence-electron chi connectivity index (χ2n) is 4.06. The van der Waals surface area contributed by atoms with Crippen molar-refractivity contribution in [2.24, 2.45) is 0 Å². The van der Waals surface area contributed by atoms with Crippen molar-refractivity contribution in [2.75, 3.05) is 0 Å². The molecule has 0 unspecified atom stereocenters. The first-order valence-corrected chi connectivity index (χ1v) is 4.39. The summed E-state index contributed by atoms with van der Waals surface area (Å²) in [5.74, 6) is -0.582. The molecule has 0 spiro atoms. The molecular weight excluding hydrogens is 197 g/mol. The van der Waals surface area contributed by atoms with Crippen molar-refractivity contribution in [1.82, 2.24) is 0 Å². The molecule has 0 aliphatic heterocycles. The van der Waals surface area contributed by atoms with Gasteiger partial charge in [-0.3, -0.25) is 4.79 Å². The van der Waals surface area contributed by atoms with E-state index in [0.717, 1.165) is 0 Å². The second kappa shape index (κ2) is 4.66. The Morgan fingerprint density at radius 1 is 1.21 bits per heavy atom. The van der Waals surface area contributed by atoms with Crippen molar-refractivity contribution in [3.8, 4) is 0 Å². The highest BCUT2D eigenvalue weighted by molar-refractivity contribution is 5.69. The van der Waals surface area contributed by atoms with Crippen LogP contribution in [0.2, 0.25) is 0 Å². The van der Waals surface area contributed by atoms with Gasteiger partial charge < -0.3 is 4.74 Å². The fourth-order valence-electron chi connectivity index (χ4n) is 0.826. The van der Waals surface area contributed by atoms with Gasteiger partial charge in [-0.15, -0.1) is 0 Å². The van der Waals surface area contributed by atoms with E-state index in [9.17, 15) is 18.0 Å². The Kier molecular flexibility index (Phi) is 4.42. The van der Waals surface area contributed by atoms with Gasteiger partial charge in [-0.1, -0.05) is 0 Å².